The first-order valence-electron chi connectivity index (χ1n) is 6.14. The number of anilines is 3. The highest BCUT2D eigenvalue weighted by Gasteiger charge is 2.11. The van der Waals surface area contributed by atoms with Crippen molar-refractivity contribution < 1.29 is 0 Å². The van der Waals surface area contributed by atoms with Gasteiger partial charge in [0.05, 0.1) is 16.3 Å². The predicted molar refractivity (Wildman–Crippen MR) is 107 cm³/mol. The van der Waals surface area contributed by atoms with Crippen LogP contribution in [0.1, 0.15) is 11.3 Å². The van der Waals surface area contributed by atoms with Crippen LogP contribution in [-0.4, -0.2) is 9.97 Å². The number of aromatic nitrogens is 2. The molecular weight excluding hydrogens is 448 g/mol. The van der Waals surface area contributed by atoms with Gasteiger partial charge in [-0.25, -0.2) is 9.97 Å². The Bertz CT molecular complexity index is 755. The number of rotatable bonds is 3. The second kappa shape index (κ2) is 8.05. The zero-order valence-corrected chi connectivity index (χ0v) is 17.1. The molecule has 0 atom stereocenters. The molecule has 0 unspecified atom stereocenters. The first-order chi connectivity index (χ1) is 9.61. The molecule has 0 aliphatic heterocycles. The lowest BCUT2D eigenvalue weighted by Gasteiger charge is -2.02. The lowest BCUT2D eigenvalue weighted by molar-refractivity contribution is 1.26. The van der Waals surface area contributed by atoms with E-state index in [-0.39, 0.29) is 34.0 Å². The Morgan fingerprint density at radius 3 is 2.55 bits per heavy atom. The molecule has 118 valence electrons. The molecule has 4 nitrogen and oxygen atoms in total. The summed E-state index contributed by atoms with van der Waals surface area (Å²) >= 11 is 3.05. The summed E-state index contributed by atoms with van der Waals surface area (Å²) in [7, 11) is 0. The van der Waals surface area contributed by atoms with Crippen LogP contribution >= 0.6 is 56.6 Å². The third kappa shape index (κ3) is 4.28. The van der Waals surface area contributed by atoms with Crippen molar-refractivity contribution in [1.82, 2.24) is 9.97 Å². The molecule has 8 heteroatoms. The molecule has 1 aromatic carbocycles. The van der Waals surface area contributed by atoms with Gasteiger partial charge in [-0.2, -0.15) is 0 Å². The minimum atomic E-state index is 0. The third-order valence-electron chi connectivity index (χ3n) is 2.82. The molecule has 0 saturated carbocycles. The average Bonchev–Trinajstić information content (AvgIpc) is 2.96. The van der Waals surface area contributed by atoms with Crippen LogP contribution < -0.4 is 11.1 Å². The molecule has 0 saturated heterocycles. The third-order valence-corrected chi connectivity index (χ3v) is 4.59. The smallest absolute Gasteiger partial charge is 0.187 e. The van der Waals surface area contributed by atoms with Crippen LogP contribution in [0.2, 0.25) is 0 Å². The van der Waals surface area contributed by atoms with Crippen LogP contribution in [0.4, 0.5) is 16.0 Å². The molecule has 0 radical (unpaired) electrons. The number of thiazole rings is 2. The monoisotopic (exact) mass is 462 g/mol. The molecule has 2 aromatic heterocycles. The number of hydrogen-bond acceptors (Lipinski definition) is 6. The summed E-state index contributed by atoms with van der Waals surface area (Å²) in [4.78, 5) is 9.87. The van der Waals surface area contributed by atoms with Gasteiger partial charge in [-0.05, 0) is 31.5 Å². The maximum Gasteiger partial charge on any atom is 0.187 e. The van der Waals surface area contributed by atoms with E-state index in [0.717, 1.165) is 27.1 Å². The predicted octanol–water partition coefficient (Wildman–Crippen LogP) is 5.37. The van der Waals surface area contributed by atoms with Crippen molar-refractivity contribution in [3.8, 4) is 10.6 Å². The highest BCUT2D eigenvalue weighted by molar-refractivity contribution is 8.93. The summed E-state index contributed by atoms with van der Waals surface area (Å²) in [6, 6.07) is 8.23. The van der Waals surface area contributed by atoms with Gasteiger partial charge in [-0.1, -0.05) is 23.5 Å². The van der Waals surface area contributed by atoms with Crippen molar-refractivity contribution in [2.24, 2.45) is 0 Å². The lowest BCUT2D eigenvalue weighted by atomic mass is 10.2. The van der Waals surface area contributed by atoms with Crippen LogP contribution in [0, 0.1) is 13.8 Å². The minimum absolute atomic E-state index is 0. The maximum absolute atomic E-state index is 5.73. The van der Waals surface area contributed by atoms with Gasteiger partial charge in [0.2, 0.25) is 0 Å². The Hall–Kier alpha value is -0.960. The standard InChI is InChI=1S/C14H14N4S2.2BrH/c1-8-4-3-5-10(6-8)17-14-18-11(7-19-14)12-9(2)16-13(15)20-12;;/h3-7H,1-2H3,(H2,15,16)(H,17,18);2*1H. The topological polar surface area (TPSA) is 63.8 Å². The zero-order chi connectivity index (χ0) is 14.1. The Kier molecular flexibility index (Phi) is 6.98. The van der Waals surface area contributed by atoms with Crippen LogP contribution in [0.3, 0.4) is 0 Å². The van der Waals surface area contributed by atoms with E-state index in [2.05, 4.69) is 34.3 Å². The molecule has 0 amide bonds. The van der Waals surface area contributed by atoms with Gasteiger partial charge in [0.1, 0.15) is 0 Å². The molecule has 0 spiro atoms. The normalized spacial score (nSPS) is 9.73. The van der Waals surface area contributed by atoms with E-state index in [4.69, 9.17) is 5.73 Å². The Morgan fingerprint density at radius 2 is 1.91 bits per heavy atom. The van der Waals surface area contributed by atoms with Crippen molar-refractivity contribution in [1.29, 1.82) is 0 Å². The van der Waals surface area contributed by atoms with E-state index >= 15 is 0 Å². The van der Waals surface area contributed by atoms with E-state index < -0.39 is 0 Å². The molecule has 0 fully saturated rings. The number of nitrogen functional groups attached to an aromatic ring is 1. The van der Waals surface area contributed by atoms with Gasteiger partial charge in [-0.3, -0.25) is 0 Å². The Morgan fingerprint density at radius 1 is 1.14 bits per heavy atom. The zero-order valence-electron chi connectivity index (χ0n) is 12.0. The summed E-state index contributed by atoms with van der Waals surface area (Å²) in [6.45, 7) is 4.02. The molecule has 3 rings (SSSR count). The first-order valence-corrected chi connectivity index (χ1v) is 7.84. The molecular formula is C14H16Br2N4S2. The maximum atomic E-state index is 5.73. The van der Waals surface area contributed by atoms with E-state index in [1.165, 1.54) is 16.9 Å². The fourth-order valence-corrected chi connectivity index (χ4v) is 3.53. The summed E-state index contributed by atoms with van der Waals surface area (Å²) in [6.07, 6.45) is 0. The van der Waals surface area contributed by atoms with Gasteiger partial charge in [0, 0.05) is 11.1 Å². The van der Waals surface area contributed by atoms with E-state index in [1.54, 1.807) is 11.3 Å². The lowest BCUT2D eigenvalue weighted by Crippen LogP contribution is -1.89. The van der Waals surface area contributed by atoms with Gasteiger partial charge < -0.3 is 11.1 Å². The summed E-state index contributed by atoms with van der Waals surface area (Å²) in [5.74, 6) is 0. The highest BCUT2D eigenvalue weighted by atomic mass is 79.9. The summed E-state index contributed by atoms with van der Waals surface area (Å²) in [5.41, 5.74) is 9.86. The average molecular weight is 464 g/mol. The van der Waals surface area contributed by atoms with E-state index in [9.17, 15) is 0 Å². The van der Waals surface area contributed by atoms with E-state index in [1.807, 2.05) is 24.4 Å². The second-order valence-electron chi connectivity index (χ2n) is 4.50. The number of nitrogens with one attached hydrogen (secondary N) is 1. The fourth-order valence-electron chi connectivity index (χ4n) is 1.94. The molecule has 3 aromatic rings. The van der Waals surface area contributed by atoms with Crippen molar-refractivity contribution in [3.05, 3.63) is 40.9 Å². The summed E-state index contributed by atoms with van der Waals surface area (Å²) < 4.78 is 0. The Balaban J connectivity index is 0.00000121. The van der Waals surface area contributed by atoms with Crippen molar-refractivity contribution >= 4 is 72.6 Å². The quantitative estimate of drug-likeness (QED) is 0.548. The summed E-state index contributed by atoms with van der Waals surface area (Å²) in [5, 5.41) is 6.80. The molecule has 3 N–H and O–H groups in total. The molecule has 0 aliphatic rings. The fraction of sp³-hybridized carbons (Fsp3) is 0.143. The number of halogens is 2. The van der Waals surface area contributed by atoms with E-state index in [0.29, 0.717) is 5.13 Å². The SMILES string of the molecule is Br.Br.Cc1cccc(Nc2nc(-c3sc(N)nc3C)cs2)c1. The van der Waals surface area contributed by atoms with Crippen LogP contribution in [-0.2, 0) is 0 Å². The molecule has 0 bridgehead atoms. The molecule has 2 heterocycles. The van der Waals surface area contributed by atoms with Crippen molar-refractivity contribution in [3.63, 3.8) is 0 Å². The van der Waals surface area contributed by atoms with Crippen LogP contribution in [0.15, 0.2) is 29.6 Å². The number of nitrogens with zero attached hydrogens (tertiary/aromatic N) is 2. The molecule has 22 heavy (non-hydrogen) atoms. The second-order valence-corrected chi connectivity index (χ2v) is 6.39. The minimum Gasteiger partial charge on any atom is -0.375 e. The van der Waals surface area contributed by atoms with Crippen molar-refractivity contribution in [2.75, 3.05) is 11.1 Å². The van der Waals surface area contributed by atoms with Gasteiger partial charge >= 0.3 is 0 Å². The van der Waals surface area contributed by atoms with Gasteiger partial charge in [-0.15, -0.1) is 45.3 Å². The highest BCUT2D eigenvalue weighted by Crippen LogP contribution is 2.34. The van der Waals surface area contributed by atoms with Crippen molar-refractivity contribution in [2.45, 2.75) is 13.8 Å². The van der Waals surface area contributed by atoms with Crippen LogP contribution in [0.5, 0.6) is 0 Å². The Labute approximate surface area is 158 Å². The first kappa shape index (κ1) is 19.1. The number of hydrogen-bond donors (Lipinski definition) is 2. The van der Waals surface area contributed by atoms with Gasteiger partial charge in [0.25, 0.3) is 0 Å². The van der Waals surface area contributed by atoms with Crippen LogP contribution in [0.25, 0.3) is 10.6 Å². The number of aryl methyl sites for hydroxylation is 2. The number of nitrogens with two attached hydrogens (primary N) is 1. The molecule has 0 aliphatic carbocycles. The number of benzene rings is 1. The van der Waals surface area contributed by atoms with Gasteiger partial charge in [0.15, 0.2) is 10.3 Å². The largest absolute Gasteiger partial charge is 0.375 e.